The van der Waals surface area contributed by atoms with Crippen LogP contribution in [0.4, 0.5) is 17.6 Å². The predicted molar refractivity (Wildman–Crippen MR) is 84.1 cm³/mol. The first-order valence-corrected chi connectivity index (χ1v) is 7.19. The lowest BCUT2D eigenvalue weighted by atomic mass is 9.94. The summed E-state index contributed by atoms with van der Waals surface area (Å²) in [5.74, 6) is -7.80. The zero-order valence-electron chi connectivity index (χ0n) is 13.2. The minimum atomic E-state index is -2.08. The lowest BCUT2D eigenvalue weighted by molar-refractivity contribution is -0.135. The van der Waals surface area contributed by atoms with E-state index in [-0.39, 0.29) is 5.57 Å². The molecule has 0 saturated heterocycles. The molecule has 0 bridgehead atoms. The van der Waals surface area contributed by atoms with Crippen molar-refractivity contribution in [3.63, 3.8) is 0 Å². The van der Waals surface area contributed by atoms with E-state index in [0.29, 0.717) is 0 Å². The molecule has 0 N–H and O–H groups in total. The molecule has 4 nitrogen and oxygen atoms in total. The second kappa shape index (κ2) is 7.81. The number of alkyl halides is 1. The summed E-state index contributed by atoms with van der Waals surface area (Å²) in [4.78, 5) is 22.2. The van der Waals surface area contributed by atoms with Crippen LogP contribution >= 0.6 is 0 Å². The Kier molecular flexibility index (Phi) is 5.76. The van der Waals surface area contributed by atoms with Gasteiger partial charge in [-0.1, -0.05) is 13.2 Å². The van der Waals surface area contributed by atoms with Gasteiger partial charge in [0.2, 0.25) is 5.82 Å². The lowest BCUT2D eigenvalue weighted by Crippen LogP contribution is -2.17. The van der Waals surface area contributed by atoms with Crippen LogP contribution in [0.15, 0.2) is 55.1 Å². The number of allylic oxidation sites excluding steroid dienone is 4. The van der Waals surface area contributed by atoms with Crippen LogP contribution in [-0.2, 0) is 14.3 Å². The van der Waals surface area contributed by atoms with Crippen molar-refractivity contribution in [2.45, 2.75) is 12.6 Å². The normalized spacial score (nSPS) is 16.6. The average molecular weight is 368 g/mol. The lowest BCUT2D eigenvalue weighted by Gasteiger charge is -2.20. The van der Waals surface area contributed by atoms with Crippen LogP contribution in [0.1, 0.15) is 12.0 Å². The molecule has 0 aromatic heterocycles. The van der Waals surface area contributed by atoms with Gasteiger partial charge in [-0.05, 0) is 23.8 Å². The third kappa shape index (κ3) is 3.90. The number of hydrogen-bond acceptors (Lipinski definition) is 4. The first kappa shape index (κ1) is 19.2. The quantitative estimate of drug-likeness (QED) is 0.340. The number of benzene rings is 1. The molecule has 1 atom stereocenters. The van der Waals surface area contributed by atoms with Crippen LogP contribution in [0, 0.1) is 11.6 Å². The first-order valence-electron chi connectivity index (χ1n) is 7.19. The van der Waals surface area contributed by atoms with Gasteiger partial charge in [0.15, 0.2) is 29.3 Å². The Balaban J connectivity index is 2.40. The van der Waals surface area contributed by atoms with Crippen LogP contribution in [0.5, 0.6) is 5.75 Å². The van der Waals surface area contributed by atoms with Gasteiger partial charge in [-0.15, -0.1) is 0 Å². The maximum absolute atomic E-state index is 14.2. The van der Waals surface area contributed by atoms with E-state index in [9.17, 15) is 27.2 Å². The average Bonchev–Trinajstić information content (AvgIpc) is 2.61. The zero-order chi connectivity index (χ0) is 19.4. The van der Waals surface area contributed by atoms with E-state index in [1.165, 1.54) is 0 Å². The van der Waals surface area contributed by atoms with Gasteiger partial charge in [0.05, 0.1) is 0 Å². The van der Waals surface area contributed by atoms with Gasteiger partial charge < -0.3 is 9.47 Å². The number of hydrogen-bond donors (Lipinski definition) is 0. The Labute approximate surface area is 145 Å². The third-order valence-electron chi connectivity index (χ3n) is 3.37. The number of halogens is 4. The molecule has 136 valence electrons. The molecule has 2 rings (SSSR count). The molecule has 0 radical (unpaired) electrons. The molecule has 0 amide bonds. The fourth-order valence-corrected chi connectivity index (χ4v) is 2.18. The smallest absolute Gasteiger partial charge is 0.335 e. The summed E-state index contributed by atoms with van der Waals surface area (Å²) < 4.78 is 65.4. The first-order chi connectivity index (χ1) is 12.3. The monoisotopic (exact) mass is 368 g/mol. The van der Waals surface area contributed by atoms with Crippen molar-refractivity contribution < 1.29 is 36.6 Å². The second-order valence-electron chi connectivity index (χ2n) is 5.04. The van der Waals surface area contributed by atoms with Crippen molar-refractivity contribution in [1.82, 2.24) is 0 Å². The standard InChI is InChI=1S/C18H12F4O4/c1-3-14(23)25-13-6-5-10(16(21)17(13)22)9-7-11(19)18(12(20)8-9)26-15(24)4-2/h3-7,12H,1-2,8H2. The topological polar surface area (TPSA) is 52.6 Å². The molecule has 1 aliphatic carbocycles. The zero-order valence-corrected chi connectivity index (χ0v) is 13.2. The van der Waals surface area contributed by atoms with Crippen molar-refractivity contribution in [2.24, 2.45) is 0 Å². The van der Waals surface area contributed by atoms with Crippen molar-refractivity contribution in [1.29, 1.82) is 0 Å². The van der Waals surface area contributed by atoms with Crippen LogP contribution < -0.4 is 4.74 Å². The highest BCUT2D eigenvalue weighted by atomic mass is 19.2. The summed E-state index contributed by atoms with van der Waals surface area (Å²) in [5, 5.41) is 0. The Morgan fingerprint density at radius 2 is 1.65 bits per heavy atom. The van der Waals surface area contributed by atoms with E-state index in [0.717, 1.165) is 30.4 Å². The minimum absolute atomic E-state index is 0.202. The molecule has 1 unspecified atom stereocenters. The molecule has 0 spiro atoms. The fraction of sp³-hybridized carbons (Fsp3) is 0.111. The molecule has 26 heavy (non-hydrogen) atoms. The SMILES string of the molecule is C=CC(=O)OC1=C(F)C=C(c2ccc(OC(=O)C=C)c(F)c2F)CC1F. The highest BCUT2D eigenvalue weighted by Gasteiger charge is 2.30. The minimum Gasteiger partial charge on any atom is -0.422 e. The number of carbonyl (C=O) groups is 2. The maximum Gasteiger partial charge on any atom is 0.335 e. The number of ether oxygens (including phenoxy) is 2. The molecule has 0 saturated carbocycles. The van der Waals surface area contributed by atoms with Gasteiger partial charge in [-0.3, -0.25) is 0 Å². The summed E-state index contributed by atoms with van der Waals surface area (Å²) in [5.41, 5.74) is -0.626. The highest BCUT2D eigenvalue weighted by molar-refractivity contribution is 5.84. The number of carbonyl (C=O) groups excluding carboxylic acids is 2. The molecular weight excluding hydrogens is 356 g/mol. The van der Waals surface area contributed by atoms with Gasteiger partial charge in [0, 0.05) is 24.1 Å². The van der Waals surface area contributed by atoms with Crippen molar-refractivity contribution >= 4 is 17.5 Å². The van der Waals surface area contributed by atoms with E-state index in [1.54, 1.807) is 0 Å². The molecule has 0 heterocycles. The number of esters is 2. The van der Waals surface area contributed by atoms with Gasteiger partial charge in [-0.25, -0.2) is 22.8 Å². The van der Waals surface area contributed by atoms with Crippen LogP contribution in [0.25, 0.3) is 5.57 Å². The molecule has 0 aliphatic heterocycles. The van der Waals surface area contributed by atoms with E-state index in [1.807, 2.05) is 0 Å². The van der Waals surface area contributed by atoms with E-state index in [4.69, 9.17) is 0 Å². The Bertz CT molecular complexity index is 855. The molecule has 1 aromatic rings. The van der Waals surface area contributed by atoms with Crippen LogP contribution in [-0.4, -0.2) is 18.1 Å². The molecule has 8 heteroatoms. The molecule has 0 fully saturated rings. The third-order valence-corrected chi connectivity index (χ3v) is 3.37. The van der Waals surface area contributed by atoms with Crippen LogP contribution in [0.2, 0.25) is 0 Å². The van der Waals surface area contributed by atoms with Gasteiger partial charge in [0.25, 0.3) is 0 Å². The van der Waals surface area contributed by atoms with E-state index in [2.05, 4.69) is 22.6 Å². The van der Waals surface area contributed by atoms with Crippen molar-refractivity contribution in [3.05, 3.63) is 72.3 Å². The molecule has 1 aromatic carbocycles. The second-order valence-corrected chi connectivity index (χ2v) is 5.04. The van der Waals surface area contributed by atoms with E-state index >= 15 is 0 Å². The van der Waals surface area contributed by atoms with Gasteiger partial charge >= 0.3 is 11.9 Å². The molecular formula is C18H12F4O4. The van der Waals surface area contributed by atoms with Gasteiger partial charge in [-0.2, -0.15) is 4.39 Å². The summed E-state index contributed by atoms with van der Waals surface area (Å²) in [6.45, 7) is 6.22. The Hall–Kier alpha value is -3.16. The summed E-state index contributed by atoms with van der Waals surface area (Å²) in [7, 11) is 0. The maximum atomic E-state index is 14.2. The largest absolute Gasteiger partial charge is 0.422 e. The highest BCUT2D eigenvalue weighted by Crippen LogP contribution is 2.36. The van der Waals surface area contributed by atoms with Crippen molar-refractivity contribution in [3.8, 4) is 5.75 Å². The number of rotatable bonds is 5. The summed E-state index contributed by atoms with van der Waals surface area (Å²) in [6, 6.07) is 1.95. The van der Waals surface area contributed by atoms with Gasteiger partial charge in [0.1, 0.15) is 0 Å². The predicted octanol–water partition coefficient (Wildman–Crippen LogP) is 4.09. The molecule has 1 aliphatic rings. The van der Waals surface area contributed by atoms with E-state index < -0.39 is 59.1 Å². The van der Waals surface area contributed by atoms with Crippen molar-refractivity contribution in [2.75, 3.05) is 0 Å². The fourth-order valence-electron chi connectivity index (χ4n) is 2.18. The summed E-state index contributed by atoms with van der Waals surface area (Å²) in [6.07, 6.45) is -0.427. The summed E-state index contributed by atoms with van der Waals surface area (Å²) >= 11 is 0. The Morgan fingerprint density at radius 3 is 2.23 bits per heavy atom. The van der Waals surface area contributed by atoms with Crippen LogP contribution in [0.3, 0.4) is 0 Å². The Morgan fingerprint density at radius 1 is 1.04 bits per heavy atom.